The van der Waals surface area contributed by atoms with E-state index in [-0.39, 0.29) is 95.2 Å². The van der Waals surface area contributed by atoms with Gasteiger partial charge in [-0.1, -0.05) is 97.5 Å². The Labute approximate surface area is 524 Å². The lowest BCUT2D eigenvalue weighted by atomic mass is 9.80. The molecule has 464 valence electrons. The number of nitrogens with zero attached hydrogens (tertiary/aromatic N) is 2. The molecule has 0 spiro atoms. The van der Waals surface area contributed by atoms with Crippen LogP contribution in [0.3, 0.4) is 0 Å². The summed E-state index contributed by atoms with van der Waals surface area (Å²) in [4.78, 5) is 95.2. The van der Waals surface area contributed by atoms with Crippen LogP contribution in [-0.4, -0.2) is 96.8 Å². The van der Waals surface area contributed by atoms with Crippen molar-refractivity contribution < 1.29 is 57.2 Å². The first-order valence-corrected chi connectivity index (χ1v) is 31.1. The number of aryl methyl sites for hydroxylation is 8. The van der Waals surface area contributed by atoms with Gasteiger partial charge in [0.05, 0.1) is 35.5 Å². The van der Waals surface area contributed by atoms with Crippen LogP contribution in [0.5, 0.6) is 46.0 Å². The summed E-state index contributed by atoms with van der Waals surface area (Å²) in [6, 6.07) is 27.0. The number of amides is 6. The van der Waals surface area contributed by atoms with Gasteiger partial charge in [0.2, 0.25) is 11.8 Å². The summed E-state index contributed by atoms with van der Waals surface area (Å²) in [6.45, 7) is 24.7. The molecule has 2 aliphatic heterocycles. The van der Waals surface area contributed by atoms with Crippen LogP contribution in [0, 0.1) is 55.4 Å². The highest BCUT2D eigenvalue weighted by Crippen LogP contribution is 2.58. The van der Waals surface area contributed by atoms with Crippen LogP contribution in [0.1, 0.15) is 139 Å². The highest BCUT2D eigenvalue weighted by atomic mass is 16.5. The number of fused-ring (bicyclic) bond motifs is 2. The van der Waals surface area contributed by atoms with Crippen molar-refractivity contribution in [1.29, 1.82) is 0 Å². The first kappa shape index (κ1) is 62.2. The monoisotopic (exact) mass is 1210 g/mol. The minimum Gasteiger partial charge on any atom is -0.456 e. The van der Waals surface area contributed by atoms with Crippen molar-refractivity contribution in [2.45, 2.75) is 121 Å². The number of hydrogen-bond acceptors (Lipinski definition) is 12. The zero-order valence-corrected chi connectivity index (χ0v) is 53.3. The van der Waals surface area contributed by atoms with Gasteiger partial charge in [0, 0.05) is 69.4 Å². The minimum absolute atomic E-state index is 0.0656. The van der Waals surface area contributed by atoms with Crippen molar-refractivity contribution in [3.8, 4) is 46.0 Å². The molecular formula is C74H76N4O12. The van der Waals surface area contributed by atoms with Crippen molar-refractivity contribution in [3.63, 3.8) is 0 Å². The van der Waals surface area contributed by atoms with Crippen molar-refractivity contribution in [3.05, 3.63) is 164 Å². The lowest BCUT2D eigenvalue weighted by Gasteiger charge is -2.36. The van der Waals surface area contributed by atoms with Gasteiger partial charge in [-0.05, 0) is 153 Å². The van der Waals surface area contributed by atoms with Gasteiger partial charge in [-0.3, -0.25) is 38.6 Å². The number of imide groups is 2. The molecule has 2 heterocycles. The molecule has 2 aliphatic rings. The van der Waals surface area contributed by atoms with E-state index in [4.69, 9.17) is 28.4 Å². The number of rotatable bonds is 24. The average Bonchev–Trinajstić information content (AvgIpc) is 0.680. The Hall–Kier alpha value is -9.38. The van der Waals surface area contributed by atoms with Crippen molar-refractivity contribution in [2.24, 2.45) is 0 Å². The Morgan fingerprint density at radius 3 is 0.867 bits per heavy atom. The van der Waals surface area contributed by atoms with Crippen molar-refractivity contribution >= 4 is 78.5 Å². The summed E-state index contributed by atoms with van der Waals surface area (Å²) in [5, 5.41) is 8.38. The molecule has 0 fully saturated rings. The smallest absolute Gasteiger partial charge is 0.262 e. The molecule has 0 bridgehead atoms. The summed E-state index contributed by atoms with van der Waals surface area (Å²) < 4.78 is 40.3. The molecule has 0 saturated heterocycles. The van der Waals surface area contributed by atoms with E-state index in [1.54, 1.807) is 24.3 Å². The molecule has 16 heteroatoms. The maximum atomic E-state index is 16.0. The Kier molecular flexibility index (Phi) is 17.7. The third-order valence-corrected chi connectivity index (χ3v) is 17.0. The Bertz CT molecular complexity index is 3900. The molecule has 11 rings (SSSR count). The van der Waals surface area contributed by atoms with E-state index in [0.29, 0.717) is 81.4 Å². The Morgan fingerprint density at radius 2 is 0.633 bits per heavy atom. The summed E-state index contributed by atoms with van der Waals surface area (Å²) >= 11 is 0. The fourth-order valence-corrected chi connectivity index (χ4v) is 12.9. The largest absolute Gasteiger partial charge is 0.456 e. The third kappa shape index (κ3) is 11.3. The van der Waals surface area contributed by atoms with Crippen LogP contribution < -0.4 is 29.6 Å². The first-order chi connectivity index (χ1) is 43.3. The summed E-state index contributed by atoms with van der Waals surface area (Å²) in [5.74, 6) is -1.63. The first-order valence-electron chi connectivity index (χ1n) is 31.1. The van der Waals surface area contributed by atoms with Gasteiger partial charge < -0.3 is 39.1 Å². The predicted octanol–water partition coefficient (Wildman–Crippen LogP) is 15.2. The number of hydrogen-bond donors (Lipinski definition) is 2. The molecule has 2 unspecified atom stereocenters. The predicted molar refractivity (Wildman–Crippen MR) is 349 cm³/mol. The van der Waals surface area contributed by atoms with Gasteiger partial charge in [0.25, 0.3) is 23.6 Å². The quantitative estimate of drug-likeness (QED) is 0.0252. The van der Waals surface area contributed by atoms with Gasteiger partial charge >= 0.3 is 0 Å². The van der Waals surface area contributed by atoms with E-state index in [9.17, 15) is 9.59 Å². The van der Waals surface area contributed by atoms with Crippen molar-refractivity contribution in [2.75, 3.05) is 39.5 Å². The maximum Gasteiger partial charge on any atom is 0.262 e. The number of benzene rings is 9. The molecule has 9 aromatic rings. The zero-order chi connectivity index (χ0) is 64.0. The van der Waals surface area contributed by atoms with Crippen LogP contribution in [0.2, 0.25) is 0 Å². The molecular weight excluding hydrogens is 1140 g/mol. The van der Waals surface area contributed by atoms with Gasteiger partial charge in [-0.2, -0.15) is 0 Å². The summed E-state index contributed by atoms with van der Waals surface area (Å²) in [5.41, 5.74) is 7.22. The minimum atomic E-state index is -1.24. The van der Waals surface area contributed by atoms with Crippen LogP contribution in [-0.2, 0) is 19.1 Å². The van der Waals surface area contributed by atoms with Gasteiger partial charge in [0.1, 0.15) is 58.1 Å². The van der Waals surface area contributed by atoms with Crippen LogP contribution in [0.25, 0.3) is 43.1 Å². The second kappa shape index (κ2) is 25.6. The second-order valence-electron chi connectivity index (χ2n) is 23.7. The average molecular weight is 1210 g/mol. The second-order valence-corrected chi connectivity index (χ2v) is 23.7. The molecule has 6 amide bonds. The van der Waals surface area contributed by atoms with Crippen LogP contribution in [0.4, 0.5) is 0 Å². The van der Waals surface area contributed by atoms with E-state index in [1.807, 2.05) is 156 Å². The molecule has 16 nitrogen and oxygen atoms in total. The third-order valence-electron chi connectivity index (χ3n) is 17.0. The topological polar surface area (TPSA) is 188 Å². The fraction of sp³-hybridized carbons (Fsp3) is 0.324. The molecule has 90 heavy (non-hydrogen) atoms. The molecule has 0 saturated carbocycles. The molecule has 2 atom stereocenters. The number of ether oxygens (including phenoxy) is 6. The van der Waals surface area contributed by atoms with E-state index in [1.165, 1.54) is 0 Å². The standard InChI is InChI=1S/C74H76N4O12/c1-13-17-51(69(79)75-27-29-85-15-3)77-71(81)47-35-57(87-53-23-19-39(5)31-43(53)9)63-65-59(89-55-25-21-41(7)33-45(55)11)37-49-62-50(74(84)78(73(49)83)52(18-14-2)70(80)76-28-30-86-16-4)38-60(90-56-26-22-42(8)34-46(56)12)66(68(62)65)64-58(36-48(72(77)82)61(47)67(63)64)88-54-24-20-40(6)32-44(54)10/h19-26,31-38,51-52H,13-18,27-30H2,1-12H3,(H,75,79)(H,76,80). The van der Waals surface area contributed by atoms with E-state index in [0.717, 1.165) is 54.3 Å². The Morgan fingerprint density at radius 1 is 0.367 bits per heavy atom. The number of carbonyl (C=O) groups excluding carboxylic acids is 6. The number of carbonyl (C=O) groups is 6. The Balaban J connectivity index is 1.35. The van der Waals surface area contributed by atoms with Crippen LogP contribution >= 0.6 is 0 Å². The molecule has 0 radical (unpaired) electrons. The van der Waals surface area contributed by atoms with Crippen molar-refractivity contribution in [1.82, 2.24) is 20.4 Å². The highest BCUT2D eigenvalue weighted by molar-refractivity contribution is 6.45. The molecule has 0 aromatic heterocycles. The molecule has 0 aliphatic carbocycles. The van der Waals surface area contributed by atoms with Crippen LogP contribution in [0.15, 0.2) is 97.1 Å². The fourth-order valence-electron chi connectivity index (χ4n) is 12.9. The summed E-state index contributed by atoms with van der Waals surface area (Å²) in [7, 11) is 0. The van der Waals surface area contributed by atoms with Gasteiger partial charge in [-0.25, -0.2) is 0 Å². The van der Waals surface area contributed by atoms with Gasteiger partial charge in [0.15, 0.2) is 0 Å². The maximum absolute atomic E-state index is 16.0. The summed E-state index contributed by atoms with van der Waals surface area (Å²) in [6.07, 6.45) is 1.19. The van der Waals surface area contributed by atoms with Gasteiger partial charge in [-0.15, -0.1) is 0 Å². The number of nitrogens with one attached hydrogen (secondary N) is 2. The van der Waals surface area contributed by atoms with E-state index >= 15 is 19.2 Å². The lowest BCUT2D eigenvalue weighted by molar-refractivity contribution is -0.126. The zero-order valence-electron chi connectivity index (χ0n) is 53.3. The highest BCUT2D eigenvalue weighted by Gasteiger charge is 2.46. The van der Waals surface area contributed by atoms with E-state index in [2.05, 4.69) is 10.6 Å². The lowest BCUT2D eigenvalue weighted by Crippen LogP contribution is -2.54. The van der Waals surface area contributed by atoms with E-state index < -0.39 is 47.5 Å². The SMILES string of the molecule is CCCC(C(=O)NCCOCC)N1C(=O)c2cc(Oc3ccc(C)cc3C)c3c4c(Oc5ccc(C)cc5C)cc5c6c(cc(Oc7ccc(C)cc7C)c(c7c(Oc8ccc(C)cc8C)cc(c2c37)C1=O)c64)C(=O)N(C(CCC)C(=O)NCCOCC)C5=O. The molecule has 9 aromatic carbocycles. The normalized spacial score (nSPS) is 13.7. The molecule has 2 N–H and O–H groups in total.